The molecule has 1 saturated heterocycles. The van der Waals surface area contributed by atoms with Gasteiger partial charge in [0, 0.05) is 534 Å². The number of amides is 2. The van der Waals surface area contributed by atoms with Crippen molar-refractivity contribution in [3.63, 3.8) is 0 Å². The summed E-state index contributed by atoms with van der Waals surface area (Å²) in [5, 5.41) is 10.9. The molecule has 2 aromatic rings. The van der Waals surface area contributed by atoms with E-state index in [-0.39, 0.29) is 29.0 Å². The van der Waals surface area contributed by atoms with Gasteiger partial charge in [0.2, 0.25) is 5.91 Å². The number of rotatable bonds is 4. The summed E-state index contributed by atoms with van der Waals surface area (Å²) in [6, 6.07) is 11.8. The molecule has 1 aliphatic heterocycles. The first kappa shape index (κ1) is 101. The second kappa shape index (κ2) is 72.4. The van der Waals surface area contributed by atoms with E-state index in [2.05, 4.69) is 579 Å². The van der Waals surface area contributed by atoms with Crippen LogP contribution in [0.4, 0.5) is 30.2 Å². The lowest BCUT2D eigenvalue weighted by atomic mass is 9.75. The molecule has 132 heavy (non-hydrogen) atoms. The fraction of sp³-hybridized carbons (Fsp3) is 0.0661. The van der Waals surface area contributed by atoms with Gasteiger partial charge in [-0.15, -0.1) is 0 Å². The van der Waals surface area contributed by atoms with Gasteiger partial charge >= 0.3 is 6.18 Å². The van der Waals surface area contributed by atoms with Crippen molar-refractivity contribution in [2.24, 2.45) is 0 Å². The van der Waals surface area contributed by atoms with Crippen LogP contribution in [0.15, 0.2) is 42.5 Å². The fourth-order valence-corrected chi connectivity index (χ4v) is 7.70. The van der Waals surface area contributed by atoms with Gasteiger partial charge in [-0.25, -0.2) is 4.85 Å². The summed E-state index contributed by atoms with van der Waals surface area (Å²) >= 11 is 5.60. The number of alkyl halides is 3. The molecule has 0 atom stereocenters. The second-order valence-corrected chi connectivity index (χ2v) is 20.6. The predicted molar refractivity (Wildman–Crippen MR) is 506 cm³/mol. The Balaban J connectivity index is 0.00000112. The zero-order chi connectivity index (χ0) is 94.6. The minimum atomic E-state index is -4.74. The Morgan fingerprint density at radius 1 is 0.348 bits per heavy atom. The highest BCUT2D eigenvalue weighted by atomic mass is 32.1. The molecular formula is C121H22F3N5O2S. The van der Waals surface area contributed by atoms with E-state index in [0.717, 1.165) is 29.0 Å². The molecule has 7 nitrogen and oxygen atoms in total. The van der Waals surface area contributed by atoms with Crippen molar-refractivity contribution in [1.82, 2.24) is 5.32 Å². The van der Waals surface area contributed by atoms with Gasteiger partial charge in [-0.3, -0.25) is 14.5 Å². The number of halogens is 3. The van der Waals surface area contributed by atoms with Gasteiger partial charge in [0.1, 0.15) is 5.54 Å². The highest BCUT2D eigenvalue weighted by Crippen LogP contribution is 2.49. The number of carbonyl (C=O) groups is 2. The third-order valence-electron chi connectivity index (χ3n) is 12.2. The molecule has 1 saturated carbocycles. The molecule has 4 rings (SSSR count). The Bertz CT molecular complexity index is 8920. The van der Waals surface area contributed by atoms with Crippen LogP contribution in [0, 0.1) is 586 Å². The number of carbonyl (C=O) groups excluding carboxylic acids is 2. The molecule has 2 fully saturated rings. The average molecular weight is 1670 g/mol. The summed E-state index contributed by atoms with van der Waals surface area (Å²) in [5.74, 6) is 238. The van der Waals surface area contributed by atoms with Crippen LogP contribution >= 0.6 is 12.2 Å². The van der Waals surface area contributed by atoms with Crippen LogP contribution in [-0.4, -0.2) is 29.5 Å². The maximum atomic E-state index is 13.5. The number of nitriles is 1. The maximum Gasteiger partial charge on any atom is 0.407 e. The van der Waals surface area contributed by atoms with Gasteiger partial charge < -0.3 is 10.2 Å². The molecule has 0 unspecified atom stereocenters. The lowest BCUT2D eigenvalue weighted by Gasteiger charge is -2.43. The Labute approximate surface area is 774 Å². The van der Waals surface area contributed by atoms with Gasteiger partial charge in [-0.05, 0) is 116 Å². The van der Waals surface area contributed by atoms with Crippen molar-refractivity contribution in [3.05, 3.63) is 65.0 Å². The van der Waals surface area contributed by atoms with Gasteiger partial charge in [-0.1, -0.05) is 24.1 Å². The van der Waals surface area contributed by atoms with E-state index in [0.29, 0.717) is 18.5 Å². The summed E-state index contributed by atoms with van der Waals surface area (Å²) in [7, 11) is 1.55. The zero-order valence-corrected chi connectivity index (χ0v) is 68.3. The molecule has 2 amide bonds. The van der Waals surface area contributed by atoms with Crippen molar-refractivity contribution in [1.29, 1.82) is 5.26 Å². The number of benzene rings is 2. The summed E-state index contributed by atoms with van der Waals surface area (Å²) < 4.78 is 40.5. The van der Waals surface area contributed by atoms with Crippen LogP contribution in [0.1, 0.15) is 37.3 Å². The minimum absolute atomic E-state index is 0.0188. The van der Waals surface area contributed by atoms with Gasteiger partial charge in [-0.2, -0.15) is 18.4 Å². The standard InChI is InChI=1S/C98H3N.C23H19F3N4O2S/c1-2-3-4-5-6-7-8-9-10-11-12-13-14-15-16-17-18-19-20-21-22-23-24-25-26-27-28-29-30-31-32-33-34-35-36-37-38-39-40-41-42-43-44-45-46-47-48-49-50-51-52-53-54-55-56-57-58-59-60-61-62-63-64-65-66-67-68-69-70-71-72-73-74-75-76-77-78-79-80-81-82-83-84-85-86-87-88-89-90-91-92-93-94-95-96-97-98-99;1-27-18-9-8-16(13-17(18)23(24,25)26)29-20(32)22(10-3-11-22)30(21(29)33)15-6-4-14(5-7-15)12-19(31)28-2/h1H3;4-9,13H,3,10-12H2,2H3,(H,28,31). The van der Waals surface area contributed by atoms with E-state index in [1.165, 1.54) is 6.07 Å². The van der Waals surface area contributed by atoms with Crippen molar-refractivity contribution in [2.45, 2.75) is 44.3 Å². The number of likely N-dealkylation sites (N-methyl/N-ethyl adjacent to an activating group) is 1. The van der Waals surface area contributed by atoms with E-state index in [4.69, 9.17) is 24.1 Å². The fourth-order valence-electron chi connectivity index (χ4n) is 7.23. The van der Waals surface area contributed by atoms with Crippen LogP contribution < -0.4 is 15.1 Å². The molecular weight excluding hydrogens is 1640 g/mol. The highest BCUT2D eigenvalue weighted by molar-refractivity contribution is 7.81. The van der Waals surface area contributed by atoms with E-state index in [1.54, 1.807) is 49.2 Å². The molecule has 0 aromatic heterocycles. The number of thiocarbonyl (C=S) groups is 1. The molecule has 0 bridgehead atoms. The Morgan fingerprint density at radius 3 is 0.712 bits per heavy atom. The molecule has 11 heteroatoms. The monoisotopic (exact) mass is 1670 g/mol. The minimum Gasteiger partial charge on any atom is -0.359 e. The highest BCUT2D eigenvalue weighted by Gasteiger charge is 2.59. The molecule has 570 valence electrons. The third kappa shape index (κ3) is 51.8. The van der Waals surface area contributed by atoms with Gasteiger partial charge in [0.05, 0.1) is 18.6 Å². The first-order chi connectivity index (χ1) is 65.0. The van der Waals surface area contributed by atoms with Crippen LogP contribution in [0.3, 0.4) is 0 Å². The third-order valence-corrected chi connectivity index (χ3v) is 12.5. The first-order valence-electron chi connectivity index (χ1n) is 34.9. The summed E-state index contributed by atoms with van der Waals surface area (Å²) in [6.07, 6.45) is -2.71. The second-order valence-electron chi connectivity index (χ2n) is 20.2. The average Bonchev–Trinajstić information content (AvgIpc) is 1.55. The summed E-state index contributed by atoms with van der Waals surface area (Å²) in [4.78, 5) is 30.9. The quantitative estimate of drug-likeness (QED) is 0.256. The van der Waals surface area contributed by atoms with Crippen molar-refractivity contribution in [2.75, 3.05) is 16.8 Å². The Hall–Kier alpha value is -25.1. The normalized spacial score (nSPS) is 7.27. The number of anilines is 2. The zero-order valence-electron chi connectivity index (χ0n) is 67.5. The van der Waals surface area contributed by atoms with Crippen LogP contribution in [-0.2, 0) is 22.2 Å². The largest absolute Gasteiger partial charge is 0.407 e. The Morgan fingerprint density at radius 2 is 0.545 bits per heavy atom. The van der Waals surface area contributed by atoms with Gasteiger partial charge in [0.25, 0.3) is 5.91 Å². The summed E-state index contributed by atoms with van der Waals surface area (Å²) in [5.41, 5.74) is -1.20. The number of nitrogens with zero attached hydrogens (tertiary/aromatic N) is 4. The van der Waals surface area contributed by atoms with E-state index < -0.39 is 23.0 Å². The maximum absolute atomic E-state index is 13.5. The van der Waals surface area contributed by atoms with Crippen LogP contribution in [0.5, 0.6) is 0 Å². The summed E-state index contributed by atoms with van der Waals surface area (Å²) in [6.45, 7) is 8.71. The Kier molecular flexibility index (Phi) is 55.4. The van der Waals surface area contributed by atoms with Crippen molar-refractivity contribution in [3.8, 4) is 574 Å². The number of nitrogens with one attached hydrogen (secondary N) is 1. The van der Waals surface area contributed by atoms with Crippen LogP contribution in [0.25, 0.3) is 4.85 Å². The molecule has 1 heterocycles. The number of hydrogen-bond donors (Lipinski definition) is 1. The van der Waals surface area contributed by atoms with Crippen molar-refractivity contribution < 1.29 is 22.8 Å². The smallest absolute Gasteiger partial charge is 0.359 e. The van der Waals surface area contributed by atoms with E-state index >= 15 is 0 Å². The molecule has 2 aromatic carbocycles. The van der Waals surface area contributed by atoms with Crippen LogP contribution in [0.2, 0.25) is 0 Å². The lowest BCUT2D eigenvalue weighted by Crippen LogP contribution is -2.55. The SMILES string of the molecule is CC#CC#CC#CC#CC#CC#CC#CC#CC#CC#CC#CC#CC#CC#CC#CC#CC#CC#CC#CC#CC#CC#CC#CC#CC#CC#CC#CC#CC#CC#CC#CC#CC#CC#CC#CC#CC#CC#CC#CC#CC#CC#CC#CC#CC#CC#CC#CC#CC#N.[C-]#[N+]c1ccc(N2C(=O)C3(CCC3)N(c3ccc(CC(=O)NC)cc3)C2=S)cc1C(F)(F)F. The molecule has 2 aliphatic rings. The molecule has 1 spiro atoms. The first-order valence-corrected chi connectivity index (χ1v) is 35.3. The number of hydrogen-bond acceptors (Lipinski definition) is 4. The van der Waals surface area contributed by atoms with Crippen molar-refractivity contribution >= 4 is 46.2 Å². The van der Waals surface area contributed by atoms with Gasteiger partial charge in [0.15, 0.2) is 16.9 Å². The van der Waals surface area contributed by atoms with E-state index in [1.807, 2.05) is 0 Å². The topological polar surface area (TPSA) is 80.8 Å². The predicted octanol–water partition coefficient (Wildman–Crippen LogP) is 5.30. The molecule has 1 N–H and O–H groups in total. The molecule has 1 aliphatic carbocycles. The van der Waals surface area contributed by atoms with E-state index in [9.17, 15) is 22.8 Å². The molecule has 0 radical (unpaired) electrons. The lowest BCUT2D eigenvalue weighted by molar-refractivity contribution is -0.137.